The van der Waals surface area contributed by atoms with E-state index < -0.39 is 76.5 Å². The molecule has 61 heavy (non-hydrogen) atoms. The van der Waals surface area contributed by atoms with Gasteiger partial charge in [0.2, 0.25) is 17.2 Å². The second-order valence-electron chi connectivity index (χ2n) is 11.9. The van der Waals surface area contributed by atoms with Gasteiger partial charge < -0.3 is 11.1 Å². The Morgan fingerprint density at radius 2 is 1.07 bits per heavy atom. The summed E-state index contributed by atoms with van der Waals surface area (Å²) in [6.45, 7) is 3.15. The van der Waals surface area contributed by atoms with E-state index in [2.05, 4.69) is 40.7 Å². The van der Waals surface area contributed by atoms with Crippen LogP contribution in [0.3, 0.4) is 0 Å². The Balaban J connectivity index is 0.00000320. The molecule has 0 aliphatic heterocycles. The molecule has 1 heterocycles. The topological polar surface area (TPSA) is 344 Å². The van der Waals surface area contributed by atoms with Crippen LogP contribution >= 0.6 is 11.6 Å². The first-order chi connectivity index (χ1) is 26.4. The predicted octanol–water partition coefficient (Wildman–Crippen LogP) is 5.07. The normalized spacial score (nSPS) is 12.1. The zero-order valence-corrected chi connectivity index (χ0v) is 44.6. The van der Waals surface area contributed by atoms with E-state index in [4.69, 9.17) is 17.3 Å². The van der Waals surface area contributed by atoms with Crippen LogP contribution in [-0.4, -0.2) is 185 Å². The monoisotopic (exact) mass is 969 g/mol. The number of nitrogens with one attached hydrogen (secondary N) is 1. The number of benzene rings is 5. The summed E-state index contributed by atoms with van der Waals surface area (Å²) in [5.41, 5.74) is 6.57. The molecule has 0 bridgehead atoms. The summed E-state index contributed by atoms with van der Waals surface area (Å²) in [6, 6.07) is 12.5. The molecule has 1 aromatic heterocycles. The fourth-order valence-corrected chi connectivity index (χ4v) is 8.09. The molecule has 6 rings (SSSR count). The Hall–Kier alpha value is -1.64. The Morgan fingerprint density at radius 1 is 0.541 bits per heavy atom. The molecule has 0 spiro atoms. The molecule has 0 atom stereocenters. The fourth-order valence-electron chi connectivity index (χ4n) is 5.44. The van der Waals surface area contributed by atoms with Crippen LogP contribution in [0.15, 0.2) is 107 Å². The maximum absolute atomic E-state index is 12.3. The first kappa shape index (κ1) is 55.5. The largest absolute Gasteiger partial charge is 0.368 e. The average molecular weight is 970 g/mol. The van der Waals surface area contributed by atoms with Gasteiger partial charge in [0.05, 0.1) is 26.9 Å². The quantitative estimate of drug-likeness (QED) is 0.0593. The van der Waals surface area contributed by atoms with Gasteiger partial charge in [0.25, 0.3) is 40.5 Å². The van der Waals surface area contributed by atoms with Crippen molar-refractivity contribution in [3.05, 3.63) is 83.1 Å². The third-order valence-corrected chi connectivity index (χ3v) is 11.7. The van der Waals surface area contributed by atoms with E-state index in [1.165, 1.54) is 30.3 Å². The second-order valence-corrected chi connectivity index (χ2v) is 17.9. The van der Waals surface area contributed by atoms with Gasteiger partial charge in [0.1, 0.15) is 15.5 Å². The number of nitrogens with zero attached hydrogens (tertiary/aromatic N) is 7. The van der Waals surface area contributed by atoms with Crippen molar-refractivity contribution in [2.24, 2.45) is 20.5 Å². The maximum Gasteiger partial charge on any atom is 0.296 e. The summed E-state index contributed by atoms with van der Waals surface area (Å²) in [7, 11) is -20.0. The number of anilines is 3. The zero-order chi connectivity index (χ0) is 41.8. The standard InChI is InChI=1S/C31H24ClN9O12S4.4Na/c1-14-10-25(40-41-28-21-12-17(55(45,46)47)13-27(57(51,52)53)19(21)5-8-26(28)56(48,49)50)15(2)9-24(14)39-38-23-7-6-22(34-31-36-29(32)35-30(33)37-31)18-4-3-16(11-20(18)23)54(42,43)44;;;;/h3-13H,1-2H3,(H,42,43,44)(H,45,46,47)(H,48,49,50)(H,51,52,53)(H3,33,34,35,36,37);;;;. The first-order valence-electron chi connectivity index (χ1n) is 15.4. The summed E-state index contributed by atoms with van der Waals surface area (Å²) < 4.78 is 136. The number of azo groups is 2. The van der Waals surface area contributed by atoms with Gasteiger partial charge in [0.15, 0.2) is 0 Å². The van der Waals surface area contributed by atoms with Crippen molar-refractivity contribution in [2.75, 3.05) is 11.1 Å². The molecule has 5 aromatic carbocycles. The van der Waals surface area contributed by atoms with Crippen LogP contribution in [0, 0.1) is 13.8 Å². The molecule has 0 aliphatic rings. The summed E-state index contributed by atoms with van der Waals surface area (Å²) in [6.07, 6.45) is 0. The van der Waals surface area contributed by atoms with E-state index in [1.807, 2.05) is 0 Å². The van der Waals surface area contributed by atoms with Crippen molar-refractivity contribution in [1.82, 2.24) is 15.0 Å². The third kappa shape index (κ3) is 13.0. The van der Waals surface area contributed by atoms with Crippen LogP contribution in [0.2, 0.25) is 5.28 Å². The Morgan fingerprint density at radius 3 is 1.61 bits per heavy atom. The minimum absolute atomic E-state index is 0. The molecule has 0 fully saturated rings. The molecule has 7 N–H and O–H groups in total. The molecule has 0 amide bonds. The SMILES string of the molecule is Cc1cc(N=Nc2c(S(=O)(=O)O)ccc3c(S(=O)(=O)O)cc(S(=O)(=O)O)cc23)c(C)cc1N=Nc1ccc(Nc2nc(N)nc(Cl)n2)c2ccc(S(=O)(=O)O)cc12.[Na].[Na].[Na].[Na]. The van der Waals surface area contributed by atoms with Crippen molar-refractivity contribution in [3.63, 3.8) is 0 Å². The third-order valence-electron chi connectivity index (χ3n) is 8.03. The molecule has 300 valence electrons. The number of fused-ring (bicyclic) bond motifs is 2. The van der Waals surface area contributed by atoms with E-state index in [9.17, 15) is 51.9 Å². The average Bonchev–Trinajstić information content (AvgIpc) is 3.08. The summed E-state index contributed by atoms with van der Waals surface area (Å²) in [5.74, 6) is -0.190. The van der Waals surface area contributed by atoms with Crippen molar-refractivity contribution >= 4 is 232 Å². The van der Waals surface area contributed by atoms with Gasteiger partial charge in [-0.3, -0.25) is 18.2 Å². The Kier molecular flexibility index (Phi) is 19.2. The minimum atomic E-state index is -5.16. The molecule has 21 nitrogen and oxygen atoms in total. The van der Waals surface area contributed by atoms with Gasteiger partial charge in [0, 0.05) is 145 Å². The number of rotatable bonds is 10. The van der Waals surface area contributed by atoms with Crippen LogP contribution in [0.4, 0.5) is 40.3 Å². The molecule has 30 heteroatoms. The van der Waals surface area contributed by atoms with Crippen LogP contribution in [-0.2, 0) is 40.5 Å². The molecular weight excluding hydrogens is 946 g/mol. The molecule has 0 saturated carbocycles. The number of nitrogen functional groups attached to an aromatic ring is 1. The summed E-state index contributed by atoms with van der Waals surface area (Å²) in [4.78, 5) is 8.21. The van der Waals surface area contributed by atoms with Crippen LogP contribution < -0.4 is 11.1 Å². The number of aryl methyl sites for hydroxylation is 2. The van der Waals surface area contributed by atoms with Crippen molar-refractivity contribution < 1.29 is 51.9 Å². The Bertz CT molecular complexity index is 3220. The minimum Gasteiger partial charge on any atom is -0.368 e. The van der Waals surface area contributed by atoms with Crippen molar-refractivity contribution in [2.45, 2.75) is 33.4 Å². The molecular formula is C31H24ClN9Na4O12S4. The first-order valence-corrected chi connectivity index (χ1v) is 21.5. The molecule has 6 aromatic rings. The molecule has 0 unspecified atom stereocenters. The van der Waals surface area contributed by atoms with Gasteiger partial charge in [-0.15, -0.1) is 10.2 Å². The van der Waals surface area contributed by atoms with Gasteiger partial charge in [-0.05, 0) is 91.2 Å². The van der Waals surface area contributed by atoms with E-state index >= 15 is 0 Å². The van der Waals surface area contributed by atoms with Crippen LogP contribution in [0.1, 0.15) is 11.1 Å². The fraction of sp³-hybridized carbons (Fsp3) is 0.0645. The summed E-state index contributed by atoms with van der Waals surface area (Å²) >= 11 is 5.89. The second kappa shape index (κ2) is 21.1. The molecule has 0 aliphatic carbocycles. The number of aromatic nitrogens is 3. The van der Waals surface area contributed by atoms with Gasteiger partial charge >= 0.3 is 0 Å². The van der Waals surface area contributed by atoms with E-state index in [1.54, 1.807) is 19.9 Å². The van der Waals surface area contributed by atoms with Crippen LogP contribution in [0.25, 0.3) is 21.5 Å². The number of halogens is 1. The summed E-state index contributed by atoms with van der Waals surface area (Å²) in [5, 5.41) is 19.0. The number of hydrogen-bond acceptors (Lipinski definition) is 17. The van der Waals surface area contributed by atoms with E-state index in [0.29, 0.717) is 34.3 Å². The Labute approximate surface area is 441 Å². The number of hydrogen-bond donors (Lipinski definition) is 6. The van der Waals surface area contributed by atoms with E-state index in [-0.39, 0.29) is 158 Å². The smallest absolute Gasteiger partial charge is 0.296 e. The maximum atomic E-state index is 12.3. The zero-order valence-electron chi connectivity index (χ0n) is 32.6. The van der Waals surface area contributed by atoms with Crippen molar-refractivity contribution in [3.8, 4) is 0 Å². The molecule has 0 saturated heterocycles. The van der Waals surface area contributed by atoms with E-state index in [0.717, 1.165) is 18.2 Å². The van der Waals surface area contributed by atoms with Gasteiger partial charge in [-0.25, -0.2) is 0 Å². The van der Waals surface area contributed by atoms with Gasteiger partial charge in [-0.2, -0.15) is 58.9 Å². The molecule has 4 radical (unpaired) electrons. The number of nitrogens with two attached hydrogens (primary N) is 1. The predicted molar refractivity (Wildman–Crippen MR) is 227 cm³/mol. The van der Waals surface area contributed by atoms with Gasteiger partial charge in [-0.1, -0.05) is 12.1 Å². The van der Waals surface area contributed by atoms with Crippen LogP contribution in [0.5, 0.6) is 0 Å². The van der Waals surface area contributed by atoms with Crippen molar-refractivity contribution in [1.29, 1.82) is 0 Å².